The minimum absolute atomic E-state index is 0.00507. The maximum Gasteiger partial charge on any atom is 0.240 e. The van der Waals surface area contributed by atoms with Gasteiger partial charge in [0.1, 0.15) is 0 Å². The van der Waals surface area contributed by atoms with Crippen LogP contribution in [0.1, 0.15) is 51.0 Å². The zero-order chi connectivity index (χ0) is 15.6. The van der Waals surface area contributed by atoms with Gasteiger partial charge >= 0.3 is 0 Å². The molecule has 0 radical (unpaired) electrons. The lowest BCUT2D eigenvalue weighted by molar-refractivity contribution is -0.138. The Morgan fingerprint density at radius 1 is 1.18 bits per heavy atom. The molecule has 1 unspecified atom stereocenters. The van der Waals surface area contributed by atoms with E-state index in [0.717, 1.165) is 38.9 Å². The molecule has 1 N–H and O–H groups in total. The topological polar surface area (TPSA) is 32.3 Å². The van der Waals surface area contributed by atoms with Crippen LogP contribution in [-0.2, 0) is 4.79 Å². The van der Waals surface area contributed by atoms with E-state index >= 15 is 0 Å². The van der Waals surface area contributed by atoms with E-state index < -0.39 is 0 Å². The van der Waals surface area contributed by atoms with Crippen LogP contribution in [0.2, 0.25) is 0 Å². The number of hydrogen-bond acceptors (Lipinski definition) is 2. The average Bonchev–Trinajstić information content (AvgIpc) is 2.55. The van der Waals surface area contributed by atoms with Crippen LogP contribution in [0, 0.1) is 5.41 Å². The second kappa shape index (κ2) is 6.41. The summed E-state index contributed by atoms with van der Waals surface area (Å²) in [5.41, 5.74) is 1.50. The van der Waals surface area contributed by atoms with Crippen molar-refractivity contribution in [3.05, 3.63) is 35.9 Å². The Morgan fingerprint density at radius 2 is 1.86 bits per heavy atom. The summed E-state index contributed by atoms with van der Waals surface area (Å²) < 4.78 is 0. The summed E-state index contributed by atoms with van der Waals surface area (Å²) in [6.07, 6.45) is 4.48. The summed E-state index contributed by atoms with van der Waals surface area (Å²) in [5.74, 6) is 0.925. The van der Waals surface area contributed by atoms with Crippen LogP contribution in [0.3, 0.4) is 0 Å². The standard InChI is InChI=1S/C19H28N2O/c1-19(2)11-6-12-20-17(19)18(22)21-13-9-16(10-14-21)15-7-4-3-5-8-15/h3-5,7-8,16-17,20H,6,9-14H2,1-2H3. The summed E-state index contributed by atoms with van der Waals surface area (Å²) in [6.45, 7) is 7.20. The van der Waals surface area contributed by atoms with E-state index in [9.17, 15) is 4.79 Å². The molecular formula is C19H28N2O. The zero-order valence-electron chi connectivity index (χ0n) is 13.8. The van der Waals surface area contributed by atoms with Gasteiger partial charge in [-0.25, -0.2) is 0 Å². The van der Waals surface area contributed by atoms with Crippen LogP contribution in [0.25, 0.3) is 0 Å². The Labute approximate surface area is 134 Å². The van der Waals surface area contributed by atoms with Crippen molar-refractivity contribution >= 4 is 5.91 Å². The molecule has 0 aliphatic carbocycles. The summed E-state index contributed by atoms with van der Waals surface area (Å²) in [5, 5.41) is 3.46. The Hall–Kier alpha value is -1.35. The van der Waals surface area contributed by atoms with Crippen LogP contribution < -0.4 is 5.32 Å². The summed E-state index contributed by atoms with van der Waals surface area (Å²) in [7, 11) is 0. The molecule has 1 aromatic rings. The molecule has 3 nitrogen and oxygen atoms in total. The number of carbonyl (C=O) groups is 1. The van der Waals surface area contributed by atoms with Gasteiger partial charge in [0, 0.05) is 13.1 Å². The molecule has 2 heterocycles. The quantitative estimate of drug-likeness (QED) is 0.910. The monoisotopic (exact) mass is 300 g/mol. The molecule has 0 bridgehead atoms. The highest BCUT2D eigenvalue weighted by atomic mass is 16.2. The van der Waals surface area contributed by atoms with E-state index in [0.29, 0.717) is 11.8 Å². The number of piperidine rings is 2. The minimum Gasteiger partial charge on any atom is -0.341 e. The van der Waals surface area contributed by atoms with E-state index in [1.54, 1.807) is 0 Å². The molecule has 2 fully saturated rings. The Bertz CT molecular complexity index is 503. The van der Waals surface area contributed by atoms with E-state index in [4.69, 9.17) is 0 Å². The van der Waals surface area contributed by atoms with Gasteiger partial charge in [0.05, 0.1) is 6.04 Å². The number of nitrogens with one attached hydrogen (secondary N) is 1. The van der Waals surface area contributed by atoms with Gasteiger partial charge in [-0.15, -0.1) is 0 Å². The third-order valence-corrected chi connectivity index (χ3v) is 5.45. The number of hydrogen-bond donors (Lipinski definition) is 1. The first-order chi connectivity index (χ1) is 10.6. The highest BCUT2D eigenvalue weighted by Gasteiger charge is 2.39. The smallest absolute Gasteiger partial charge is 0.240 e. The number of carbonyl (C=O) groups excluding carboxylic acids is 1. The van der Waals surface area contributed by atoms with Gasteiger partial charge in [0.2, 0.25) is 5.91 Å². The summed E-state index contributed by atoms with van der Waals surface area (Å²) in [6, 6.07) is 10.7. The molecule has 2 aliphatic rings. The fourth-order valence-electron chi connectivity index (χ4n) is 3.97. The van der Waals surface area contributed by atoms with Gasteiger partial charge in [-0.1, -0.05) is 44.2 Å². The van der Waals surface area contributed by atoms with E-state index in [1.807, 2.05) is 0 Å². The second-order valence-electron chi connectivity index (χ2n) is 7.49. The molecule has 22 heavy (non-hydrogen) atoms. The van der Waals surface area contributed by atoms with Crippen molar-refractivity contribution in [1.82, 2.24) is 10.2 Å². The molecule has 1 aromatic carbocycles. The van der Waals surface area contributed by atoms with Crippen molar-refractivity contribution < 1.29 is 4.79 Å². The van der Waals surface area contributed by atoms with Gasteiger partial charge in [0.15, 0.2) is 0 Å². The summed E-state index contributed by atoms with van der Waals surface area (Å²) >= 11 is 0. The fraction of sp³-hybridized carbons (Fsp3) is 0.632. The van der Waals surface area contributed by atoms with Crippen molar-refractivity contribution in [2.45, 2.75) is 51.5 Å². The highest BCUT2D eigenvalue weighted by molar-refractivity contribution is 5.83. The number of nitrogens with zero attached hydrogens (tertiary/aromatic N) is 1. The number of amides is 1. The van der Waals surface area contributed by atoms with Gasteiger partial charge in [-0.05, 0) is 49.1 Å². The predicted molar refractivity (Wildman–Crippen MR) is 89.8 cm³/mol. The molecule has 0 aromatic heterocycles. The van der Waals surface area contributed by atoms with E-state index in [-0.39, 0.29) is 11.5 Å². The van der Waals surface area contributed by atoms with Crippen LogP contribution in [0.15, 0.2) is 30.3 Å². The van der Waals surface area contributed by atoms with Crippen molar-refractivity contribution in [1.29, 1.82) is 0 Å². The molecular weight excluding hydrogens is 272 g/mol. The lowest BCUT2D eigenvalue weighted by Gasteiger charge is -2.42. The predicted octanol–water partition coefficient (Wildman–Crippen LogP) is 3.17. The third-order valence-electron chi connectivity index (χ3n) is 5.45. The SMILES string of the molecule is CC1(C)CCCNC1C(=O)N1CCC(c2ccccc2)CC1. The van der Waals surface area contributed by atoms with Gasteiger partial charge in [0.25, 0.3) is 0 Å². The third kappa shape index (κ3) is 3.19. The molecule has 3 heteroatoms. The Kier molecular flexibility index (Phi) is 4.53. The second-order valence-corrected chi connectivity index (χ2v) is 7.49. The largest absolute Gasteiger partial charge is 0.341 e. The van der Waals surface area contributed by atoms with Crippen LogP contribution in [-0.4, -0.2) is 36.5 Å². The molecule has 1 amide bonds. The van der Waals surface area contributed by atoms with Crippen LogP contribution in [0.4, 0.5) is 0 Å². The van der Waals surface area contributed by atoms with Crippen LogP contribution in [0.5, 0.6) is 0 Å². The first-order valence-electron chi connectivity index (χ1n) is 8.65. The first-order valence-corrected chi connectivity index (χ1v) is 8.65. The Balaban J connectivity index is 1.60. The normalized spacial score (nSPS) is 25.9. The maximum absolute atomic E-state index is 12.9. The molecule has 0 saturated carbocycles. The minimum atomic E-state index is -0.00507. The highest BCUT2D eigenvalue weighted by Crippen LogP contribution is 2.33. The number of benzene rings is 1. The molecule has 120 valence electrons. The Morgan fingerprint density at radius 3 is 2.50 bits per heavy atom. The van der Waals surface area contributed by atoms with Gasteiger partial charge in [-0.2, -0.15) is 0 Å². The van der Waals surface area contributed by atoms with Crippen molar-refractivity contribution in [3.8, 4) is 0 Å². The molecule has 0 spiro atoms. The van der Waals surface area contributed by atoms with Crippen molar-refractivity contribution in [2.75, 3.05) is 19.6 Å². The lowest BCUT2D eigenvalue weighted by atomic mass is 9.76. The molecule has 3 rings (SSSR count). The van der Waals surface area contributed by atoms with Gasteiger partial charge in [-0.3, -0.25) is 4.79 Å². The van der Waals surface area contributed by atoms with Gasteiger partial charge < -0.3 is 10.2 Å². The average molecular weight is 300 g/mol. The maximum atomic E-state index is 12.9. The molecule has 1 atom stereocenters. The van der Waals surface area contributed by atoms with E-state index in [1.165, 1.54) is 12.0 Å². The van der Waals surface area contributed by atoms with Crippen molar-refractivity contribution in [3.63, 3.8) is 0 Å². The lowest BCUT2D eigenvalue weighted by Crippen LogP contribution is -2.57. The van der Waals surface area contributed by atoms with Crippen LogP contribution >= 0.6 is 0 Å². The molecule has 2 aliphatic heterocycles. The van der Waals surface area contributed by atoms with Crippen molar-refractivity contribution in [2.24, 2.45) is 5.41 Å². The summed E-state index contributed by atoms with van der Waals surface area (Å²) in [4.78, 5) is 15.0. The number of likely N-dealkylation sites (tertiary alicyclic amines) is 1. The molecule has 2 saturated heterocycles. The zero-order valence-corrected chi connectivity index (χ0v) is 13.8. The fourth-order valence-corrected chi connectivity index (χ4v) is 3.97. The van der Waals surface area contributed by atoms with E-state index in [2.05, 4.69) is 54.4 Å². The number of rotatable bonds is 2. The first kappa shape index (κ1) is 15.5.